The van der Waals surface area contributed by atoms with E-state index in [4.69, 9.17) is 4.74 Å². The SMILES string of the molecule is CC(C)[C@@H](NC(=O)[C@@](F)(Cc1ccccc1)C(=O)C(F)(F)C(=O)NCc1ccccc1)C(=O)OCc1ccccc1. The maximum absolute atomic E-state index is 16.4. The van der Waals surface area contributed by atoms with Crippen molar-refractivity contribution < 1.29 is 37.1 Å². The van der Waals surface area contributed by atoms with Gasteiger partial charge in [-0.25, -0.2) is 9.18 Å². The average Bonchev–Trinajstić information content (AvgIpc) is 2.98. The quantitative estimate of drug-likeness (QED) is 0.236. The fourth-order valence-electron chi connectivity index (χ4n) is 3.95. The molecule has 2 atom stereocenters. The zero-order valence-corrected chi connectivity index (χ0v) is 22.6. The Kier molecular flexibility index (Phi) is 10.4. The molecule has 0 unspecified atom stereocenters. The molecule has 10 heteroatoms. The van der Waals surface area contributed by atoms with Gasteiger partial charge >= 0.3 is 11.9 Å². The van der Waals surface area contributed by atoms with Crippen LogP contribution in [0.5, 0.6) is 0 Å². The lowest BCUT2D eigenvalue weighted by atomic mass is 9.87. The lowest BCUT2D eigenvalue weighted by Gasteiger charge is -2.29. The van der Waals surface area contributed by atoms with Crippen LogP contribution in [0.2, 0.25) is 0 Å². The van der Waals surface area contributed by atoms with Crippen molar-refractivity contribution in [3.63, 3.8) is 0 Å². The van der Waals surface area contributed by atoms with Crippen LogP contribution in [0.1, 0.15) is 30.5 Å². The van der Waals surface area contributed by atoms with Crippen LogP contribution in [0.3, 0.4) is 0 Å². The highest BCUT2D eigenvalue weighted by molar-refractivity contribution is 6.20. The van der Waals surface area contributed by atoms with Crippen LogP contribution in [0, 0.1) is 5.92 Å². The van der Waals surface area contributed by atoms with E-state index in [1.807, 2.05) is 5.32 Å². The summed E-state index contributed by atoms with van der Waals surface area (Å²) in [4.78, 5) is 51.6. The Morgan fingerprint density at radius 1 is 0.732 bits per heavy atom. The van der Waals surface area contributed by atoms with E-state index in [0.717, 1.165) is 0 Å². The minimum atomic E-state index is -4.91. The van der Waals surface area contributed by atoms with Gasteiger partial charge in [0, 0.05) is 13.0 Å². The summed E-state index contributed by atoms with van der Waals surface area (Å²) >= 11 is 0. The second kappa shape index (κ2) is 13.7. The van der Waals surface area contributed by atoms with Crippen LogP contribution in [0.25, 0.3) is 0 Å². The predicted octanol–water partition coefficient (Wildman–Crippen LogP) is 4.34. The number of ether oxygens (including phenoxy) is 1. The molecule has 0 aliphatic carbocycles. The van der Waals surface area contributed by atoms with Crippen LogP contribution >= 0.6 is 0 Å². The summed E-state index contributed by atoms with van der Waals surface area (Å²) in [6.07, 6.45) is -1.09. The topological polar surface area (TPSA) is 102 Å². The van der Waals surface area contributed by atoms with Crippen LogP contribution in [-0.2, 0) is 43.5 Å². The first-order chi connectivity index (χ1) is 19.4. The monoisotopic (exact) mass is 568 g/mol. The molecule has 0 aliphatic rings. The number of nitrogens with one attached hydrogen (secondary N) is 2. The van der Waals surface area contributed by atoms with Crippen molar-refractivity contribution in [1.82, 2.24) is 10.6 Å². The lowest BCUT2D eigenvalue weighted by Crippen LogP contribution is -2.62. The molecule has 3 aromatic carbocycles. The number of carbonyl (C=O) groups excluding carboxylic acids is 4. The molecule has 0 spiro atoms. The molecule has 0 heterocycles. The molecule has 0 aliphatic heterocycles. The van der Waals surface area contributed by atoms with Crippen molar-refractivity contribution in [2.45, 2.75) is 51.1 Å². The second-order valence-electron chi connectivity index (χ2n) is 9.82. The molecule has 3 aromatic rings. The van der Waals surface area contributed by atoms with Crippen molar-refractivity contribution in [2.75, 3.05) is 0 Å². The molecular formula is C31H31F3N2O5. The fraction of sp³-hybridized carbons (Fsp3) is 0.290. The minimum absolute atomic E-state index is 0.0479. The predicted molar refractivity (Wildman–Crippen MR) is 145 cm³/mol. The number of carbonyl (C=O) groups is 4. The summed E-state index contributed by atoms with van der Waals surface area (Å²) in [5, 5.41) is 4.01. The Morgan fingerprint density at radius 2 is 1.22 bits per heavy atom. The Balaban J connectivity index is 1.84. The first-order valence-electron chi connectivity index (χ1n) is 12.9. The molecule has 0 saturated heterocycles. The normalized spacial score (nSPS) is 13.5. The van der Waals surface area contributed by atoms with Crippen LogP contribution in [0.4, 0.5) is 13.2 Å². The van der Waals surface area contributed by atoms with Crippen molar-refractivity contribution in [3.8, 4) is 0 Å². The Bertz CT molecular complexity index is 1340. The van der Waals surface area contributed by atoms with E-state index in [-0.39, 0.29) is 18.7 Å². The molecule has 41 heavy (non-hydrogen) atoms. The van der Waals surface area contributed by atoms with E-state index in [1.54, 1.807) is 66.7 Å². The van der Waals surface area contributed by atoms with Gasteiger partial charge in [-0.1, -0.05) is 105 Å². The van der Waals surface area contributed by atoms with E-state index in [2.05, 4.69) is 5.32 Å². The smallest absolute Gasteiger partial charge is 0.385 e. The zero-order chi connectivity index (χ0) is 30.0. The molecule has 0 aromatic heterocycles. The maximum Gasteiger partial charge on any atom is 0.385 e. The second-order valence-corrected chi connectivity index (χ2v) is 9.82. The Morgan fingerprint density at radius 3 is 1.73 bits per heavy atom. The number of esters is 1. The molecule has 3 rings (SSSR count). The number of Topliss-reactive ketones (excluding diaryl/α,β-unsaturated/α-hetero) is 1. The van der Waals surface area contributed by atoms with Gasteiger partial charge in [-0.15, -0.1) is 0 Å². The first-order valence-corrected chi connectivity index (χ1v) is 12.9. The van der Waals surface area contributed by atoms with E-state index < -0.39 is 53.5 Å². The summed E-state index contributed by atoms with van der Waals surface area (Å²) < 4.78 is 52.0. The number of hydrogen-bond acceptors (Lipinski definition) is 5. The van der Waals surface area contributed by atoms with Gasteiger partial charge in [0.25, 0.3) is 23.3 Å². The molecule has 0 fully saturated rings. The van der Waals surface area contributed by atoms with E-state index in [0.29, 0.717) is 11.1 Å². The fourth-order valence-corrected chi connectivity index (χ4v) is 3.95. The summed E-state index contributed by atoms with van der Waals surface area (Å²) in [5.41, 5.74) is -2.74. The highest BCUT2D eigenvalue weighted by atomic mass is 19.3. The number of ketones is 1. The van der Waals surface area contributed by atoms with Crippen LogP contribution < -0.4 is 10.6 Å². The van der Waals surface area contributed by atoms with Crippen LogP contribution in [-0.4, -0.2) is 41.2 Å². The molecule has 2 amide bonds. The third-order valence-electron chi connectivity index (χ3n) is 6.31. The summed E-state index contributed by atoms with van der Waals surface area (Å²) in [6.45, 7) is 2.55. The van der Waals surface area contributed by atoms with Gasteiger partial charge in [-0.3, -0.25) is 14.4 Å². The highest BCUT2D eigenvalue weighted by Crippen LogP contribution is 2.30. The van der Waals surface area contributed by atoms with Gasteiger partial charge < -0.3 is 15.4 Å². The van der Waals surface area contributed by atoms with Crippen molar-refractivity contribution >= 4 is 23.6 Å². The number of amides is 2. The number of rotatable bonds is 13. The van der Waals surface area contributed by atoms with Gasteiger partial charge in [-0.2, -0.15) is 8.78 Å². The van der Waals surface area contributed by atoms with Gasteiger partial charge in [0.05, 0.1) is 0 Å². The molecular weight excluding hydrogens is 537 g/mol. The third kappa shape index (κ3) is 8.03. The van der Waals surface area contributed by atoms with Gasteiger partial charge in [0.15, 0.2) is 0 Å². The number of alkyl halides is 3. The highest BCUT2D eigenvalue weighted by Gasteiger charge is 2.61. The summed E-state index contributed by atoms with van der Waals surface area (Å²) in [7, 11) is 0. The molecule has 0 radical (unpaired) electrons. The Hall–Kier alpha value is -4.47. The Labute approximate surface area is 236 Å². The molecule has 0 bridgehead atoms. The molecule has 2 N–H and O–H groups in total. The van der Waals surface area contributed by atoms with E-state index >= 15 is 13.2 Å². The molecule has 216 valence electrons. The first kappa shape index (κ1) is 31.1. The third-order valence-corrected chi connectivity index (χ3v) is 6.31. The maximum atomic E-state index is 16.4. The van der Waals surface area contributed by atoms with Crippen molar-refractivity contribution in [2.24, 2.45) is 5.92 Å². The average molecular weight is 569 g/mol. The number of benzene rings is 3. The van der Waals surface area contributed by atoms with Crippen molar-refractivity contribution in [3.05, 3.63) is 108 Å². The lowest BCUT2D eigenvalue weighted by molar-refractivity contribution is -0.170. The largest absolute Gasteiger partial charge is 0.459 e. The van der Waals surface area contributed by atoms with E-state index in [1.165, 1.54) is 38.1 Å². The van der Waals surface area contributed by atoms with Gasteiger partial charge in [-0.05, 0) is 22.6 Å². The standard InChI is InChI=1S/C31H31F3N2O5/c1-21(2)25(26(37)41-20-24-16-10-5-11-17-24)36-28(39)30(32,18-22-12-6-3-7-13-22)27(38)31(33,34)29(40)35-19-23-14-8-4-9-15-23/h3-17,21,25H,18-20H2,1-2H3,(H,35,40)(H,36,39)/t25-,30-/m1/s1. The number of hydrogen-bond donors (Lipinski definition) is 2. The number of halogens is 3. The molecule has 7 nitrogen and oxygen atoms in total. The van der Waals surface area contributed by atoms with Gasteiger partial charge in [0.2, 0.25) is 0 Å². The van der Waals surface area contributed by atoms with E-state index in [9.17, 15) is 19.2 Å². The molecule has 0 saturated carbocycles. The summed E-state index contributed by atoms with van der Waals surface area (Å²) in [6, 6.07) is 22.4. The zero-order valence-electron chi connectivity index (χ0n) is 22.6. The van der Waals surface area contributed by atoms with Crippen molar-refractivity contribution in [1.29, 1.82) is 0 Å². The summed E-state index contributed by atoms with van der Waals surface area (Å²) in [5.74, 6) is -12.9. The minimum Gasteiger partial charge on any atom is -0.459 e. The van der Waals surface area contributed by atoms with Gasteiger partial charge in [0.1, 0.15) is 12.6 Å². The van der Waals surface area contributed by atoms with Crippen LogP contribution in [0.15, 0.2) is 91.0 Å².